The fraction of sp³-hybridized carbons (Fsp3) is 0.525. The number of benzene rings is 2. The van der Waals surface area contributed by atoms with Crippen LogP contribution in [0.2, 0.25) is 0 Å². The highest BCUT2D eigenvalue weighted by molar-refractivity contribution is 7.92. The van der Waals surface area contributed by atoms with Crippen molar-refractivity contribution in [3.05, 3.63) is 85.2 Å². The van der Waals surface area contributed by atoms with Gasteiger partial charge in [0.25, 0.3) is 23.7 Å². The van der Waals surface area contributed by atoms with E-state index in [2.05, 4.69) is 10.3 Å². The number of nitrogens with zero attached hydrogens (tertiary/aromatic N) is 5. The Hall–Kier alpha value is -5.68. The number of alkyl carbamates (subject to hydrolysis) is 1. The zero-order valence-corrected chi connectivity index (χ0v) is 36.2. The topological polar surface area (TPSA) is 272 Å². The summed E-state index contributed by atoms with van der Waals surface area (Å²) in [7, 11) is -8.75. The Morgan fingerprint density at radius 1 is 1.02 bits per heavy atom. The summed E-state index contributed by atoms with van der Waals surface area (Å²) in [5.74, 6) is -3.95. The fourth-order valence-electron chi connectivity index (χ4n) is 8.47. The summed E-state index contributed by atoms with van der Waals surface area (Å²) in [5.41, 5.74) is -1.51. The van der Waals surface area contributed by atoms with E-state index in [0.29, 0.717) is 36.3 Å². The highest BCUT2D eigenvalue weighted by Gasteiger charge is 2.50. The van der Waals surface area contributed by atoms with Gasteiger partial charge in [-0.3, -0.25) is 39.6 Å². The second kappa shape index (κ2) is 17.1. The number of sulfonamides is 1. The quantitative estimate of drug-likeness (QED) is 0.182. The monoisotopic (exact) mass is 916 g/mol. The molecule has 4 amide bonds. The van der Waals surface area contributed by atoms with E-state index in [4.69, 9.17) is 4.74 Å². The number of imide groups is 1. The summed E-state index contributed by atoms with van der Waals surface area (Å²) in [6, 6.07) is 3.75. The molecule has 2 aliphatic carbocycles. The largest absolute Gasteiger partial charge is 0.465 e. The molecule has 20 nitrogen and oxygen atoms in total. The average molecular weight is 917 g/mol. The van der Waals surface area contributed by atoms with Crippen LogP contribution in [0.15, 0.2) is 57.6 Å². The van der Waals surface area contributed by atoms with Crippen LogP contribution < -0.4 is 10.0 Å². The van der Waals surface area contributed by atoms with Crippen LogP contribution in [0, 0.1) is 20.8 Å². The molecule has 2 fully saturated rings. The van der Waals surface area contributed by atoms with Crippen LogP contribution in [0.5, 0.6) is 0 Å². The molecular formula is C40H47FN7O13S2+. The Morgan fingerprint density at radius 3 is 2.38 bits per heavy atom. The molecule has 63 heavy (non-hydrogen) atoms. The van der Waals surface area contributed by atoms with Crippen LogP contribution in [-0.2, 0) is 29.4 Å². The second-order valence-electron chi connectivity index (χ2n) is 17.2. The van der Waals surface area contributed by atoms with Crippen LogP contribution in [-0.4, -0.2) is 113 Å². The first-order valence-corrected chi connectivity index (χ1v) is 23.5. The zero-order valence-electron chi connectivity index (χ0n) is 34.6. The maximum absolute atomic E-state index is 17.1. The molecule has 1 saturated heterocycles. The lowest BCUT2D eigenvalue weighted by atomic mass is 9.94. The van der Waals surface area contributed by atoms with Crippen molar-refractivity contribution in [1.82, 2.24) is 19.8 Å². The third kappa shape index (κ3) is 9.49. The van der Waals surface area contributed by atoms with Gasteiger partial charge in [-0.15, -0.1) is 0 Å². The van der Waals surface area contributed by atoms with Crippen molar-refractivity contribution in [2.75, 3.05) is 13.1 Å². The van der Waals surface area contributed by atoms with E-state index in [1.807, 2.05) is 9.62 Å². The number of para-hydroxylation sites is 1. The van der Waals surface area contributed by atoms with Gasteiger partial charge in [-0.2, -0.15) is 0 Å². The van der Waals surface area contributed by atoms with Crippen LogP contribution in [0.3, 0.4) is 0 Å². The number of ether oxygens (including phenoxy) is 1. The van der Waals surface area contributed by atoms with Crippen molar-refractivity contribution in [3.63, 3.8) is 0 Å². The van der Waals surface area contributed by atoms with E-state index in [1.165, 1.54) is 24.3 Å². The van der Waals surface area contributed by atoms with Gasteiger partial charge >= 0.3 is 12.2 Å². The van der Waals surface area contributed by atoms with Gasteiger partial charge in [0.15, 0.2) is 16.4 Å². The third-order valence-electron chi connectivity index (χ3n) is 11.7. The first-order chi connectivity index (χ1) is 29.6. The molecule has 5 atom stereocenters. The Morgan fingerprint density at radius 2 is 1.71 bits per heavy atom. The number of hydrogen-bond acceptors (Lipinski definition) is 14. The van der Waals surface area contributed by atoms with Gasteiger partial charge in [-0.1, -0.05) is 24.3 Å². The van der Waals surface area contributed by atoms with E-state index >= 15 is 4.39 Å². The number of carbonyl (C=O) groups is 4. The molecule has 0 aromatic heterocycles. The maximum atomic E-state index is 17.1. The van der Waals surface area contributed by atoms with E-state index in [0.717, 1.165) is 17.7 Å². The summed E-state index contributed by atoms with van der Waals surface area (Å²) in [6.45, 7) is 4.61. The Bertz CT molecular complexity index is 2570. The highest BCUT2D eigenvalue weighted by Crippen LogP contribution is 2.43. The lowest BCUT2D eigenvalue weighted by Gasteiger charge is -2.32. The van der Waals surface area contributed by atoms with Crippen molar-refractivity contribution in [1.29, 1.82) is 0 Å². The molecular weight excluding hydrogens is 870 g/mol. The van der Waals surface area contributed by atoms with Gasteiger partial charge in [0.2, 0.25) is 10.0 Å². The van der Waals surface area contributed by atoms with Crippen LogP contribution in [0.1, 0.15) is 112 Å². The second-order valence-corrected chi connectivity index (χ2v) is 21.4. The molecule has 7 rings (SSSR count). The number of amides is 4. The highest BCUT2D eigenvalue weighted by atomic mass is 32.2. The zero-order chi connectivity index (χ0) is 45.8. The van der Waals surface area contributed by atoms with Gasteiger partial charge in [0, 0.05) is 63.7 Å². The number of fused-ring (bicyclic) bond motifs is 2. The van der Waals surface area contributed by atoms with E-state index in [-0.39, 0.29) is 48.1 Å². The SMILES string of the molecule is CC(C)(C)OC(=O)N[C@@H]1CC(S(=O)(=O)c2ccccc2[N+](=O)[O-])CCC2=C(C2)N=C[C@@H]2CCCN2[C@@H](c2ccc3c(c2F)C(=O)N(C(=O)O)[C@H]3C(=O)NS(=O)(=O)C2CC2)CC[N+]1=O. The molecule has 2 aromatic carbocycles. The molecule has 0 radical (unpaired) electrons. The molecule has 5 aliphatic rings. The van der Waals surface area contributed by atoms with E-state index in [1.54, 1.807) is 27.0 Å². The number of hydrogen-bond donors (Lipinski definition) is 3. The van der Waals surface area contributed by atoms with E-state index in [9.17, 15) is 56.1 Å². The molecule has 3 aliphatic heterocycles. The molecule has 0 bridgehead atoms. The number of nitro benzene ring substituents is 1. The summed E-state index contributed by atoms with van der Waals surface area (Å²) in [6.07, 6.45) is -1.38. The van der Waals surface area contributed by atoms with Crippen molar-refractivity contribution in [2.24, 2.45) is 4.99 Å². The minimum absolute atomic E-state index is 0.0683. The molecule has 338 valence electrons. The van der Waals surface area contributed by atoms with Crippen molar-refractivity contribution < 1.29 is 59.9 Å². The molecule has 3 N–H and O–H groups in total. The first kappa shape index (κ1) is 45.3. The molecule has 2 aromatic rings. The van der Waals surface area contributed by atoms with Crippen LogP contribution >= 0.6 is 0 Å². The maximum Gasteiger partial charge on any atom is 0.415 e. The predicted molar refractivity (Wildman–Crippen MR) is 220 cm³/mol. The number of nitroso groups, excluding NO2 is 1. The minimum atomic E-state index is -4.56. The Balaban J connectivity index is 1.28. The van der Waals surface area contributed by atoms with Gasteiger partial charge in [-0.25, -0.2) is 35.7 Å². The average Bonchev–Trinajstić information content (AvgIpc) is 4.12. The lowest BCUT2D eigenvalue weighted by Crippen LogP contribution is -2.48. The first-order valence-electron chi connectivity index (χ1n) is 20.4. The lowest BCUT2D eigenvalue weighted by molar-refractivity contribution is -0.592. The smallest absolute Gasteiger partial charge is 0.415 e. The molecule has 1 saturated carbocycles. The van der Waals surface area contributed by atoms with Crippen molar-refractivity contribution >= 4 is 55.8 Å². The fourth-order valence-corrected chi connectivity index (χ4v) is 11.7. The number of carbonyl (C=O) groups excluding carboxylic acids is 3. The predicted octanol–water partition coefficient (Wildman–Crippen LogP) is 4.80. The van der Waals surface area contributed by atoms with Crippen molar-refractivity contribution in [3.8, 4) is 0 Å². The number of carboxylic acid groups (broad SMARTS) is 1. The normalized spacial score (nSPS) is 24.7. The number of aliphatic imine (C=N–C) groups is 1. The molecule has 3 heterocycles. The standard InChI is InChI=1S/C40H46FN7O13S2/c1-40(2,3)61-38(51)43-32-20-25(62(57,58)31-9-5-4-8-30(31)48(55)56)11-10-22-19-28(22)42-21-23-7-6-17-45(23)29(16-18-46(32)54)26-14-15-27-33(34(26)41)37(50)47(39(52)53)35(27)36(49)44-63(59,60)24-12-13-24/h4-5,8-9,14-15,21,23-25,29,32,35H,6-7,10-13,16-20H2,1-3H3,(H2-,43,44,49,51,52,53)/p+1/t23-,25?,29+,32-,35+/m0/s1. The number of rotatable bonds is 8. The Labute approximate surface area is 361 Å². The number of allylic oxidation sites excluding steroid dienone is 2. The van der Waals surface area contributed by atoms with Crippen LogP contribution in [0.4, 0.5) is 19.7 Å². The Kier molecular flexibility index (Phi) is 12.3. The summed E-state index contributed by atoms with van der Waals surface area (Å²) in [4.78, 5) is 84.3. The van der Waals surface area contributed by atoms with Gasteiger partial charge < -0.3 is 9.84 Å². The molecule has 1 unspecified atom stereocenters. The third-order valence-corrected chi connectivity index (χ3v) is 15.8. The van der Waals surface area contributed by atoms with Crippen LogP contribution in [0.25, 0.3) is 0 Å². The number of sulfone groups is 1. The van der Waals surface area contributed by atoms with Gasteiger partial charge in [-0.05, 0) is 77.5 Å². The summed E-state index contributed by atoms with van der Waals surface area (Å²) in [5, 5.41) is 22.2. The number of halogens is 1. The summed E-state index contributed by atoms with van der Waals surface area (Å²) >= 11 is 0. The molecule has 0 spiro atoms. The summed E-state index contributed by atoms with van der Waals surface area (Å²) < 4.78 is 78.8. The van der Waals surface area contributed by atoms with E-state index < -0.39 is 124 Å². The number of nitro groups is 1. The molecule has 23 heteroatoms. The van der Waals surface area contributed by atoms with Gasteiger partial charge in [0.1, 0.15) is 22.4 Å². The van der Waals surface area contributed by atoms with Crippen molar-refractivity contribution in [2.45, 2.75) is 124 Å². The number of nitrogens with one attached hydrogen (secondary N) is 2. The minimum Gasteiger partial charge on any atom is -0.465 e. The van der Waals surface area contributed by atoms with Gasteiger partial charge in [0.05, 0.1) is 27.4 Å².